The van der Waals surface area contributed by atoms with E-state index in [1.807, 2.05) is 0 Å². The van der Waals surface area contributed by atoms with Crippen LogP contribution in [0.3, 0.4) is 0 Å². The maximum atomic E-state index is 12.0. The van der Waals surface area contributed by atoms with E-state index in [2.05, 4.69) is 36.3 Å². The highest BCUT2D eigenvalue weighted by Gasteiger charge is 2.32. The van der Waals surface area contributed by atoms with Crippen molar-refractivity contribution in [2.75, 3.05) is 32.8 Å². The van der Waals surface area contributed by atoms with Gasteiger partial charge in [-0.1, -0.05) is 24.8 Å². The SMILES string of the molecule is C=CCOC(=O)N1CC(S)CC1/C=C\CN1CCCC1. The molecule has 0 aromatic heterocycles. The van der Waals surface area contributed by atoms with Gasteiger partial charge in [-0.2, -0.15) is 12.6 Å². The lowest BCUT2D eigenvalue weighted by Crippen LogP contribution is -2.35. The van der Waals surface area contributed by atoms with Crippen LogP contribution in [-0.4, -0.2) is 60.0 Å². The Labute approximate surface area is 126 Å². The van der Waals surface area contributed by atoms with Crippen molar-refractivity contribution >= 4 is 18.7 Å². The maximum absolute atomic E-state index is 12.0. The fourth-order valence-electron chi connectivity index (χ4n) is 2.78. The van der Waals surface area contributed by atoms with Crippen LogP contribution in [0.25, 0.3) is 0 Å². The summed E-state index contributed by atoms with van der Waals surface area (Å²) in [5.74, 6) is 0. The standard InChI is InChI=1S/C15H24N2O2S/c1-2-10-19-15(18)17-12-14(20)11-13(17)6-5-9-16-7-3-4-8-16/h2,5-6,13-14,20H,1,3-4,7-12H2/b6-5-. The van der Waals surface area contributed by atoms with Gasteiger partial charge in [0.1, 0.15) is 6.61 Å². The first-order valence-corrected chi connectivity index (χ1v) is 7.83. The summed E-state index contributed by atoms with van der Waals surface area (Å²) in [7, 11) is 0. The lowest BCUT2D eigenvalue weighted by atomic mass is 10.2. The first-order valence-electron chi connectivity index (χ1n) is 7.32. The number of rotatable bonds is 5. The number of hydrogen-bond acceptors (Lipinski definition) is 4. The topological polar surface area (TPSA) is 32.8 Å². The maximum Gasteiger partial charge on any atom is 0.410 e. The highest BCUT2D eigenvalue weighted by molar-refractivity contribution is 7.81. The molecule has 4 nitrogen and oxygen atoms in total. The summed E-state index contributed by atoms with van der Waals surface area (Å²) >= 11 is 4.49. The van der Waals surface area contributed by atoms with Gasteiger partial charge in [0, 0.05) is 18.3 Å². The molecule has 5 heteroatoms. The molecule has 2 fully saturated rings. The first-order chi connectivity index (χ1) is 9.70. The second kappa shape index (κ2) is 7.74. The number of carbonyl (C=O) groups excluding carboxylic acids is 1. The van der Waals surface area contributed by atoms with Crippen LogP contribution in [0, 0.1) is 0 Å². The van der Waals surface area contributed by atoms with E-state index in [1.54, 1.807) is 11.0 Å². The summed E-state index contributed by atoms with van der Waals surface area (Å²) < 4.78 is 5.12. The van der Waals surface area contributed by atoms with Crippen LogP contribution in [0.15, 0.2) is 24.8 Å². The molecule has 112 valence electrons. The largest absolute Gasteiger partial charge is 0.445 e. The molecular formula is C15H24N2O2S. The number of hydrogen-bond donors (Lipinski definition) is 1. The summed E-state index contributed by atoms with van der Waals surface area (Å²) in [4.78, 5) is 16.2. The number of ether oxygens (including phenoxy) is 1. The lowest BCUT2D eigenvalue weighted by Gasteiger charge is -2.21. The minimum atomic E-state index is -0.266. The highest BCUT2D eigenvalue weighted by Crippen LogP contribution is 2.23. The molecule has 0 spiro atoms. The molecule has 2 aliphatic heterocycles. The van der Waals surface area contributed by atoms with Crippen molar-refractivity contribution in [3.8, 4) is 0 Å². The van der Waals surface area contributed by atoms with Crippen molar-refractivity contribution in [1.82, 2.24) is 9.80 Å². The molecule has 20 heavy (non-hydrogen) atoms. The van der Waals surface area contributed by atoms with Crippen molar-refractivity contribution in [2.45, 2.75) is 30.6 Å². The molecule has 0 radical (unpaired) electrons. The molecule has 0 N–H and O–H groups in total. The molecule has 0 aliphatic carbocycles. The minimum absolute atomic E-state index is 0.109. The molecule has 2 rings (SSSR count). The fraction of sp³-hybridized carbons (Fsp3) is 0.667. The lowest BCUT2D eigenvalue weighted by molar-refractivity contribution is 0.114. The quantitative estimate of drug-likeness (QED) is 0.624. The smallest absolute Gasteiger partial charge is 0.410 e. The average molecular weight is 296 g/mol. The number of thiol groups is 1. The Balaban J connectivity index is 1.85. The molecule has 2 saturated heterocycles. The van der Waals surface area contributed by atoms with E-state index >= 15 is 0 Å². The summed E-state index contributed by atoms with van der Waals surface area (Å²) in [6.07, 6.45) is 9.12. The zero-order valence-electron chi connectivity index (χ0n) is 11.9. The Kier molecular flexibility index (Phi) is 5.98. The molecule has 0 aromatic rings. The highest BCUT2D eigenvalue weighted by atomic mass is 32.1. The summed E-state index contributed by atoms with van der Waals surface area (Å²) in [6.45, 7) is 7.82. The van der Waals surface area contributed by atoms with Gasteiger partial charge in [-0.15, -0.1) is 0 Å². The Bertz CT molecular complexity index is 367. The molecule has 0 bridgehead atoms. The molecular weight excluding hydrogens is 272 g/mol. The van der Waals surface area contributed by atoms with Gasteiger partial charge in [-0.3, -0.25) is 4.90 Å². The van der Waals surface area contributed by atoms with E-state index in [-0.39, 0.29) is 24.0 Å². The van der Waals surface area contributed by atoms with Crippen molar-refractivity contribution in [1.29, 1.82) is 0 Å². The van der Waals surface area contributed by atoms with Gasteiger partial charge in [0.05, 0.1) is 6.04 Å². The molecule has 2 aliphatic rings. The molecule has 1 amide bonds. The van der Waals surface area contributed by atoms with E-state index in [4.69, 9.17) is 4.74 Å². The van der Waals surface area contributed by atoms with Crippen molar-refractivity contribution < 1.29 is 9.53 Å². The monoisotopic (exact) mass is 296 g/mol. The molecule has 2 unspecified atom stereocenters. The molecule has 2 heterocycles. The van der Waals surface area contributed by atoms with Gasteiger partial charge in [-0.25, -0.2) is 4.79 Å². The Hall–Kier alpha value is -0.940. The van der Waals surface area contributed by atoms with Gasteiger partial charge in [0.2, 0.25) is 0 Å². The number of nitrogens with zero attached hydrogens (tertiary/aromatic N) is 2. The zero-order valence-corrected chi connectivity index (χ0v) is 12.8. The van der Waals surface area contributed by atoms with Crippen LogP contribution in [-0.2, 0) is 4.74 Å². The number of likely N-dealkylation sites (tertiary alicyclic amines) is 2. The van der Waals surface area contributed by atoms with Crippen LogP contribution >= 0.6 is 12.6 Å². The average Bonchev–Trinajstić information content (AvgIpc) is 3.06. The van der Waals surface area contributed by atoms with E-state index in [0.29, 0.717) is 6.54 Å². The Morgan fingerprint density at radius 3 is 2.85 bits per heavy atom. The first kappa shape index (κ1) is 15.4. The Morgan fingerprint density at radius 1 is 1.40 bits per heavy atom. The third kappa shape index (κ3) is 4.28. The van der Waals surface area contributed by atoms with Crippen molar-refractivity contribution in [3.63, 3.8) is 0 Å². The van der Waals surface area contributed by atoms with Gasteiger partial charge in [0.25, 0.3) is 0 Å². The van der Waals surface area contributed by atoms with Gasteiger partial charge < -0.3 is 9.64 Å². The summed E-state index contributed by atoms with van der Waals surface area (Å²) in [5.41, 5.74) is 0. The van der Waals surface area contributed by atoms with E-state index in [0.717, 1.165) is 13.0 Å². The van der Waals surface area contributed by atoms with Gasteiger partial charge in [-0.05, 0) is 32.4 Å². The second-order valence-electron chi connectivity index (χ2n) is 5.41. The van der Waals surface area contributed by atoms with Crippen molar-refractivity contribution in [3.05, 3.63) is 24.8 Å². The summed E-state index contributed by atoms with van der Waals surface area (Å²) in [5, 5.41) is 0.229. The van der Waals surface area contributed by atoms with E-state index < -0.39 is 0 Å². The third-order valence-corrected chi connectivity index (χ3v) is 4.18. The fourth-order valence-corrected chi connectivity index (χ4v) is 3.17. The molecule has 0 saturated carbocycles. The van der Waals surface area contributed by atoms with Crippen molar-refractivity contribution in [2.24, 2.45) is 0 Å². The zero-order chi connectivity index (χ0) is 14.4. The molecule has 0 aromatic carbocycles. The van der Waals surface area contributed by atoms with Crippen LogP contribution in [0.2, 0.25) is 0 Å². The molecule has 2 atom stereocenters. The van der Waals surface area contributed by atoms with Gasteiger partial charge in [0.15, 0.2) is 0 Å². The Morgan fingerprint density at radius 2 is 2.15 bits per heavy atom. The second-order valence-corrected chi connectivity index (χ2v) is 6.14. The summed E-state index contributed by atoms with van der Waals surface area (Å²) in [6, 6.07) is 0.109. The number of carbonyl (C=O) groups is 1. The van der Waals surface area contributed by atoms with E-state index in [1.165, 1.54) is 25.9 Å². The predicted molar refractivity (Wildman–Crippen MR) is 84.2 cm³/mol. The van der Waals surface area contributed by atoms with E-state index in [9.17, 15) is 4.79 Å². The van der Waals surface area contributed by atoms with Crippen LogP contribution in [0.5, 0.6) is 0 Å². The van der Waals surface area contributed by atoms with Gasteiger partial charge >= 0.3 is 6.09 Å². The normalized spacial score (nSPS) is 27.4. The van der Waals surface area contributed by atoms with Crippen LogP contribution in [0.1, 0.15) is 19.3 Å². The minimum Gasteiger partial charge on any atom is -0.445 e. The third-order valence-electron chi connectivity index (χ3n) is 3.80. The van der Waals surface area contributed by atoms with Crippen LogP contribution < -0.4 is 0 Å². The predicted octanol–water partition coefficient (Wildman–Crippen LogP) is 2.33. The number of amides is 1. The van der Waals surface area contributed by atoms with Crippen LogP contribution in [0.4, 0.5) is 4.79 Å².